The maximum absolute atomic E-state index is 6.00. The summed E-state index contributed by atoms with van der Waals surface area (Å²) < 4.78 is 22.1. The first-order chi connectivity index (χ1) is 8.15. The lowest BCUT2D eigenvalue weighted by molar-refractivity contribution is 0.0284. The molecule has 0 aromatic carbocycles. The molecule has 1 unspecified atom stereocenters. The minimum atomic E-state index is -2.40. The smallest absolute Gasteiger partial charge is 0.383 e. The van der Waals surface area contributed by atoms with E-state index in [0.29, 0.717) is 0 Å². The largest absolute Gasteiger partial charge is 0.500 e. The second-order valence-corrected chi connectivity index (χ2v) is 7.33. The van der Waals surface area contributed by atoms with Gasteiger partial charge >= 0.3 is 8.80 Å². The average molecular weight is 263 g/mol. The predicted octanol–water partition coefficient (Wildman–Crippen LogP) is 0.975. The molecule has 0 aliphatic carbocycles. The Bertz CT molecular complexity index is 214. The Hall–Kier alpha value is 0.0169. The highest BCUT2D eigenvalue weighted by Crippen LogP contribution is 2.21. The van der Waals surface area contributed by atoms with Gasteiger partial charge in [-0.25, -0.2) is 0 Å². The quantitative estimate of drug-likeness (QED) is 0.691. The van der Waals surface area contributed by atoms with E-state index in [1.165, 1.54) is 0 Å². The lowest BCUT2D eigenvalue weighted by atomic mass is 10.3. The normalized spacial score (nSPS) is 26.5. The van der Waals surface area contributed by atoms with E-state index in [1.54, 1.807) is 21.3 Å². The molecule has 0 amide bonds. The fourth-order valence-electron chi connectivity index (χ4n) is 2.18. The molecule has 5 nitrogen and oxygen atoms in total. The van der Waals surface area contributed by atoms with E-state index < -0.39 is 8.80 Å². The predicted molar refractivity (Wildman–Crippen MR) is 68.1 cm³/mol. The maximum atomic E-state index is 6.00. The van der Waals surface area contributed by atoms with Crippen molar-refractivity contribution in [3.63, 3.8) is 0 Å². The van der Waals surface area contributed by atoms with Crippen molar-refractivity contribution in [2.24, 2.45) is 0 Å². The Morgan fingerprint density at radius 3 is 2.59 bits per heavy atom. The first kappa shape index (κ1) is 15.1. The summed E-state index contributed by atoms with van der Waals surface area (Å²) in [5, 5.41) is 0. The Morgan fingerprint density at radius 2 is 2.00 bits per heavy atom. The van der Waals surface area contributed by atoms with E-state index in [4.69, 9.17) is 18.0 Å². The third-order valence-corrected chi connectivity index (χ3v) is 6.06. The summed E-state index contributed by atoms with van der Waals surface area (Å²) in [4.78, 5) is 2.37. The van der Waals surface area contributed by atoms with Crippen LogP contribution in [0.1, 0.15) is 13.3 Å². The highest BCUT2D eigenvalue weighted by atomic mass is 28.4. The summed E-state index contributed by atoms with van der Waals surface area (Å²) in [5.41, 5.74) is 0. The Labute approximate surface area is 105 Å². The highest BCUT2D eigenvalue weighted by Gasteiger charge is 2.41. The fourth-order valence-corrected chi connectivity index (χ4v) is 4.35. The van der Waals surface area contributed by atoms with Crippen molar-refractivity contribution in [3.05, 3.63) is 0 Å². The summed E-state index contributed by atoms with van der Waals surface area (Å²) in [6, 6.07) is 0.883. The lowest BCUT2D eigenvalue weighted by Gasteiger charge is -2.35. The van der Waals surface area contributed by atoms with Crippen molar-refractivity contribution in [3.8, 4) is 0 Å². The van der Waals surface area contributed by atoms with Gasteiger partial charge in [0, 0.05) is 40.5 Å². The molecule has 0 N–H and O–H groups in total. The zero-order chi connectivity index (χ0) is 12.7. The molecule has 102 valence electrons. The highest BCUT2D eigenvalue weighted by molar-refractivity contribution is 6.60. The molecule has 0 aromatic heterocycles. The summed E-state index contributed by atoms with van der Waals surface area (Å²) in [6.07, 6.45) is 1.18. The van der Waals surface area contributed by atoms with Crippen LogP contribution in [0.4, 0.5) is 0 Å². The number of ether oxygens (including phenoxy) is 1. The molecule has 0 aromatic rings. The molecule has 0 saturated carbocycles. The Kier molecular flexibility index (Phi) is 6.61. The van der Waals surface area contributed by atoms with Crippen LogP contribution in [-0.4, -0.2) is 67.4 Å². The third-order valence-electron chi connectivity index (χ3n) is 3.09. The molecular weight excluding hydrogens is 238 g/mol. The number of hydrogen-bond acceptors (Lipinski definition) is 5. The lowest BCUT2D eigenvalue weighted by Crippen LogP contribution is -2.51. The number of nitrogens with zero attached hydrogens (tertiary/aromatic N) is 1. The SMILES string of the molecule is COCCN1CCC[Si](OC)(OC)OC(C)C1. The summed E-state index contributed by atoms with van der Waals surface area (Å²) >= 11 is 0. The van der Waals surface area contributed by atoms with Crippen LogP contribution in [0.2, 0.25) is 6.04 Å². The zero-order valence-electron chi connectivity index (χ0n) is 11.4. The summed E-state index contributed by atoms with van der Waals surface area (Å²) in [7, 11) is 2.71. The summed E-state index contributed by atoms with van der Waals surface area (Å²) in [6.45, 7) is 5.76. The zero-order valence-corrected chi connectivity index (χ0v) is 12.4. The van der Waals surface area contributed by atoms with Crippen LogP contribution in [-0.2, 0) is 18.0 Å². The van der Waals surface area contributed by atoms with Gasteiger partial charge in [0.2, 0.25) is 0 Å². The minimum Gasteiger partial charge on any atom is -0.383 e. The number of rotatable bonds is 5. The molecule has 17 heavy (non-hydrogen) atoms. The Balaban J connectivity index is 2.51. The van der Waals surface area contributed by atoms with Crippen molar-refractivity contribution < 1.29 is 18.0 Å². The van der Waals surface area contributed by atoms with Crippen molar-refractivity contribution >= 4 is 8.80 Å². The number of hydrogen-bond donors (Lipinski definition) is 0. The van der Waals surface area contributed by atoms with Gasteiger partial charge in [0.05, 0.1) is 12.7 Å². The van der Waals surface area contributed by atoms with Gasteiger partial charge in [-0.05, 0) is 19.9 Å². The standard InChI is InChI=1S/C11H25NO4Si/c1-11-10-12(7-8-13-2)6-5-9-17(14-3,15-4)16-11/h11H,5-10H2,1-4H3. The van der Waals surface area contributed by atoms with Gasteiger partial charge in [-0.1, -0.05) is 0 Å². The molecule has 1 atom stereocenters. The van der Waals surface area contributed by atoms with Crippen LogP contribution in [0, 0.1) is 0 Å². The molecule has 1 rings (SSSR count). The molecule has 0 bridgehead atoms. The topological polar surface area (TPSA) is 40.2 Å². The fraction of sp³-hybridized carbons (Fsp3) is 1.00. The number of methoxy groups -OCH3 is 1. The van der Waals surface area contributed by atoms with E-state index in [0.717, 1.165) is 38.7 Å². The van der Waals surface area contributed by atoms with Crippen LogP contribution in [0.5, 0.6) is 0 Å². The molecule has 6 heteroatoms. The molecular formula is C11H25NO4Si. The minimum absolute atomic E-state index is 0.138. The van der Waals surface area contributed by atoms with Crippen molar-refractivity contribution in [2.75, 3.05) is 47.6 Å². The van der Waals surface area contributed by atoms with Gasteiger partial charge in [-0.2, -0.15) is 0 Å². The van der Waals surface area contributed by atoms with Crippen LogP contribution in [0.15, 0.2) is 0 Å². The van der Waals surface area contributed by atoms with Gasteiger partial charge in [-0.15, -0.1) is 0 Å². The van der Waals surface area contributed by atoms with E-state index in [-0.39, 0.29) is 6.10 Å². The molecule has 1 aliphatic heterocycles. The second kappa shape index (κ2) is 7.45. The van der Waals surface area contributed by atoms with Crippen LogP contribution in [0.3, 0.4) is 0 Å². The van der Waals surface area contributed by atoms with Gasteiger partial charge in [-0.3, -0.25) is 4.90 Å². The van der Waals surface area contributed by atoms with Gasteiger partial charge in [0.15, 0.2) is 0 Å². The molecule has 1 heterocycles. The van der Waals surface area contributed by atoms with Crippen molar-refractivity contribution in [1.82, 2.24) is 4.90 Å². The molecule has 0 spiro atoms. The van der Waals surface area contributed by atoms with E-state index in [1.807, 2.05) is 0 Å². The molecule has 0 radical (unpaired) electrons. The summed E-state index contributed by atoms with van der Waals surface area (Å²) in [5.74, 6) is 0. The first-order valence-corrected chi connectivity index (χ1v) is 8.08. The van der Waals surface area contributed by atoms with E-state index >= 15 is 0 Å². The van der Waals surface area contributed by atoms with E-state index in [2.05, 4.69) is 11.8 Å². The maximum Gasteiger partial charge on any atom is 0.500 e. The third kappa shape index (κ3) is 4.65. The average Bonchev–Trinajstić information content (AvgIpc) is 2.31. The van der Waals surface area contributed by atoms with Crippen LogP contribution < -0.4 is 0 Å². The van der Waals surface area contributed by atoms with Gasteiger partial charge in [0.1, 0.15) is 0 Å². The molecule has 1 fully saturated rings. The van der Waals surface area contributed by atoms with E-state index in [9.17, 15) is 0 Å². The molecule has 1 aliphatic rings. The second-order valence-electron chi connectivity index (χ2n) is 4.42. The monoisotopic (exact) mass is 263 g/mol. The molecule has 1 saturated heterocycles. The van der Waals surface area contributed by atoms with Gasteiger partial charge < -0.3 is 18.0 Å². The Morgan fingerprint density at radius 1 is 1.29 bits per heavy atom. The van der Waals surface area contributed by atoms with Crippen molar-refractivity contribution in [1.29, 1.82) is 0 Å². The van der Waals surface area contributed by atoms with Crippen LogP contribution in [0.25, 0.3) is 0 Å². The van der Waals surface area contributed by atoms with Crippen LogP contribution >= 0.6 is 0 Å². The van der Waals surface area contributed by atoms with Crippen molar-refractivity contribution in [2.45, 2.75) is 25.5 Å². The van der Waals surface area contributed by atoms with Gasteiger partial charge in [0.25, 0.3) is 0 Å². The first-order valence-electron chi connectivity index (χ1n) is 6.15.